The normalized spacial score (nSPS) is 16.9. The maximum Gasteiger partial charge on any atom is 0.130 e. The zero-order valence-corrected chi connectivity index (χ0v) is 10.6. The van der Waals surface area contributed by atoms with Crippen molar-refractivity contribution in [2.45, 2.75) is 13.0 Å². The molecule has 0 amide bonds. The third-order valence-electron chi connectivity index (χ3n) is 3.20. The molecule has 0 atom stereocenters. The molecule has 4 nitrogen and oxygen atoms in total. The highest BCUT2D eigenvalue weighted by Gasteiger charge is 2.37. The van der Waals surface area contributed by atoms with E-state index in [-0.39, 0.29) is 5.41 Å². The minimum atomic E-state index is -0.292. The van der Waals surface area contributed by atoms with Gasteiger partial charge in [0.25, 0.3) is 0 Å². The topological polar surface area (TPSA) is 44.8 Å². The Morgan fingerprint density at radius 1 is 1.33 bits per heavy atom. The Labute approximate surface area is 107 Å². The molecule has 1 aromatic carbocycles. The minimum Gasteiger partial charge on any atom is -0.497 e. The number of benzene rings is 1. The lowest BCUT2D eigenvalue weighted by molar-refractivity contribution is -0.150. The molecule has 0 bridgehead atoms. The molecule has 1 saturated heterocycles. The summed E-state index contributed by atoms with van der Waals surface area (Å²) in [5.41, 5.74) is 0.806. The van der Waals surface area contributed by atoms with Crippen LogP contribution in [0.25, 0.3) is 0 Å². The Hall–Kier alpha value is -1.39. The summed E-state index contributed by atoms with van der Waals surface area (Å²) in [5.74, 6) is 0.838. The predicted molar refractivity (Wildman–Crippen MR) is 66.6 cm³/mol. The quantitative estimate of drug-likeness (QED) is 0.547. The molecule has 1 heterocycles. The van der Waals surface area contributed by atoms with Crippen LogP contribution in [0, 0.1) is 5.41 Å². The molecule has 0 aliphatic carbocycles. The van der Waals surface area contributed by atoms with Gasteiger partial charge in [-0.25, -0.2) is 0 Å². The minimum absolute atomic E-state index is 0.292. The van der Waals surface area contributed by atoms with Crippen molar-refractivity contribution in [3.63, 3.8) is 0 Å². The highest BCUT2D eigenvalue weighted by atomic mass is 16.5. The molecule has 0 N–H and O–H groups in total. The Bertz CT molecular complexity index is 381. The van der Waals surface area contributed by atoms with Gasteiger partial charge >= 0.3 is 0 Å². The molecule has 1 aromatic rings. The third kappa shape index (κ3) is 3.09. The number of carbonyl (C=O) groups excluding carboxylic acids is 1. The van der Waals surface area contributed by atoms with Gasteiger partial charge < -0.3 is 19.0 Å². The molecule has 1 fully saturated rings. The molecule has 0 radical (unpaired) electrons. The molecule has 0 unspecified atom stereocenters. The van der Waals surface area contributed by atoms with Gasteiger partial charge in [0.05, 0.1) is 32.3 Å². The van der Waals surface area contributed by atoms with Gasteiger partial charge in [0, 0.05) is 6.61 Å². The van der Waals surface area contributed by atoms with Crippen molar-refractivity contribution in [2.75, 3.05) is 26.9 Å². The molecule has 0 spiro atoms. The van der Waals surface area contributed by atoms with E-state index in [1.54, 1.807) is 7.11 Å². The second-order valence-electron chi connectivity index (χ2n) is 4.62. The first-order valence-electron chi connectivity index (χ1n) is 6.03. The van der Waals surface area contributed by atoms with Crippen LogP contribution in [0.2, 0.25) is 0 Å². The van der Waals surface area contributed by atoms with Crippen molar-refractivity contribution < 1.29 is 19.0 Å². The van der Waals surface area contributed by atoms with Crippen molar-refractivity contribution in [3.05, 3.63) is 29.8 Å². The second kappa shape index (κ2) is 5.98. The highest BCUT2D eigenvalue weighted by Crippen LogP contribution is 2.28. The van der Waals surface area contributed by atoms with E-state index in [1.807, 2.05) is 24.3 Å². The van der Waals surface area contributed by atoms with Gasteiger partial charge in [0.1, 0.15) is 12.0 Å². The molecule has 2 rings (SSSR count). The third-order valence-corrected chi connectivity index (χ3v) is 3.20. The van der Waals surface area contributed by atoms with E-state index in [1.165, 1.54) is 0 Å². The molecular formula is C14H18O4. The summed E-state index contributed by atoms with van der Waals surface area (Å²) in [6, 6.07) is 7.76. The van der Waals surface area contributed by atoms with Crippen molar-refractivity contribution in [1.29, 1.82) is 0 Å². The van der Waals surface area contributed by atoms with Crippen molar-refractivity contribution >= 4 is 6.29 Å². The van der Waals surface area contributed by atoms with Crippen LogP contribution in [-0.2, 0) is 20.9 Å². The molecule has 0 aromatic heterocycles. The number of carbonyl (C=O) groups is 1. The number of rotatable bonds is 7. The first-order valence-corrected chi connectivity index (χ1v) is 6.03. The van der Waals surface area contributed by atoms with Gasteiger partial charge in [-0.2, -0.15) is 0 Å². The fourth-order valence-corrected chi connectivity index (χ4v) is 1.82. The van der Waals surface area contributed by atoms with Crippen LogP contribution >= 0.6 is 0 Å². The van der Waals surface area contributed by atoms with Crippen molar-refractivity contribution in [2.24, 2.45) is 5.41 Å². The van der Waals surface area contributed by atoms with E-state index in [2.05, 4.69) is 0 Å². The maximum atomic E-state index is 10.9. The summed E-state index contributed by atoms with van der Waals surface area (Å²) in [6.45, 7) is 2.19. The van der Waals surface area contributed by atoms with E-state index in [0.717, 1.165) is 24.0 Å². The molecule has 18 heavy (non-hydrogen) atoms. The Morgan fingerprint density at radius 3 is 2.56 bits per heavy atom. The maximum absolute atomic E-state index is 10.9. The Morgan fingerprint density at radius 2 is 2.06 bits per heavy atom. The summed E-state index contributed by atoms with van der Waals surface area (Å²) >= 11 is 0. The van der Waals surface area contributed by atoms with E-state index in [4.69, 9.17) is 14.2 Å². The molecule has 1 aliphatic rings. The summed E-state index contributed by atoms with van der Waals surface area (Å²) in [4.78, 5) is 10.9. The SMILES string of the molecule is COc1ccc(COCCC2(C=O)COC2)cc1. The van der Waals surface area contributed by atoms with Crippen LogP contribution in [0.4, 0.5) is 0 Å². The lowest BCUT2D eigenvalue weighted by Gasteiger charge is -2.36. The fourth-order valence-electron chi connectivity index (χ4n) is 1.82. The summed E-state index contributed by atoms with van der Waals surface area (Å²) in [5, 5.41) is 0. The van der Waals surface area contributed by atoms with Gasteiger partial charge in [-0.1, -0.05) is 12.1 Å². The van der Waals surface area contributed by atoms with E-state index < -0.39 is 0 Å². The van der Waals surface area contributed by atoms with E-state index >= 15 is 0 Å². The molecular weight excluding hydrogens is 232 g/mol. The number of hydrogen-bond acceptors (Lipinski definition) is 4. The molecule has 1 aliphatic heterocycles. The zero-order chi connectivity index (χ0) is 12.8. The summed E-state index contributed by atoms with van der Waals surface area (Å²) in [7, 11) is 1.64. The highest BCUT2D eigenvalue weighted by molar-refractivity contribution is 5.61. The van der Waals surface area contributed by atoms with Crippen LogP contribution in [0.5, 0.6) is 5.75 Å². The van der Waals surface area contributed by atoms with Gasteiger partial charge in [0.2, 0.25) is 0 Å². The summed E-state index contributed by atoms with van der Waals surface area (Å²) in [6.07, 6.45) is 1.72. The monoisotopic (exact) mass is 250 g/mol. The second-order valence-corrected chi connectivity index (χ2v) is 4.62. The number of aldehydes is 1. The standard InChI is InChI=1S/C14H18O4/c1-16-13-4-2-12(3-5-13)8-17-7-6-14(9-15)10-18-11-14/h2-5,9H,6-8,10-11H2,1H3. The van der Waals surface area contributed by atoms with Gasteiger partial charge in [0.15, 0.2) is 0 Å². The smallest absolute Gasteiger partial charge is 0.130 e. The largest absolute Gasteiger partial charge is 0.497 e. The van der Waals surface area contributed by atoms with Crippen molar-refractivity contribution in [1.82, 2.24) is 0 Å². The number of ether oxygens (including phenoxy) is 3. The fraction of sp³-hybridized carbons (Fsp3) is 0.500. The first kappa shape index (κ1) is 13.1. The zero-order valence-electron chi connectivity index (χ0n) is 10.6. The van der Waals surface area contributed by atoms with Crippen LogP contribution in [0.1, 0.15) is 12.0 Å². The van der Waals surface area contributed by atoms with Crippen LogP contribution in [0.3, 0.4) is 0 Å². The van der Waals surface area contributed by atoms with E-state index in [0.29, 0.717) is 26.4 Å². The number of hydrogen-bond donors (Lipinski definition) is 0. The Balaban J connectivity index is 1.70. The van der Waals surface area contributed by atoms with Crippen LogP contribution in [0.15, 0.2) is 24.3 Å². The first-order chi connectivity index (χ1) is 8.78. The van der Waals surface area contributed by atoms with Gasteiger partial charge in [-0.15, -0.1) is 0 Å². The number of methoxy groups -OCH3 is 1. The van der Waals surface area contributed by atoms with Crippen LogP contribution in [-0.4, -0.2) is 33.2 Å². The molecule has 4 heteroatoms. The average Bonchev–Trinajstić information content (AvgIpc) is 2.38. The average molecular weight is 250 g/mol. The summed E-state index contributed by atoms with van der Waals surface area (Å²) < 4.78 is 15.7. The van der Waals surface area contributed by atoms with Crippen molar-refractivity contribution in [3.8, 4) is 5.75 Å². The predicted octanol–water partition coefficient (Wildman–Crippen LogP) is 1.82. The molecule has 98 valence electrons. The van der Waals surface area contributed by atoms with Crippen LogP contribution < -0.4 is 4.74 Å². The lowest BCUT2D eigenvalue weighted by Crippen LogP contribution is -2.44. The Kier molecular flexibility index (Phi) is 4.33. The lowest BCUT2D eigenvalue weighted by atomic mass is 9.85. The molecule has 0 saturated carbocycles. The van der Waals surface area contributed by atoms with E-state index in [9.17, 15) is 4.79 Å². The van der Waals surface area contributed by atoms with Gasteiger partial charge in [-0.05, 0) is 24.1 Å². The van der Waals surface area contributed by atoms with Gasteiger partial charge in [-0.3, -0.25) is 0 Å².